The van der Waals surface area contributed by atoms with Gasteiger partial charge in [0, 0.05) is 5.92 Å². The van der Waals surface area contributed by atoms with Crippen LogP contribution < -0.4 is 0 Å². The van der Waals surface area contributed by atoms with E-state index in [-0.39, 0.29) is 0 Å². The van der Waals surface area contributed by atoms with Gasteiger partial charge in [0.15, 0.2) is 0 Å². The first-order valence-corrected chi connectivity index (χ1v) is 6.82. The Morgan fingerprint density at radius 2 is 1.88 bits per heavy atom. The Labute approximate surface area is 103 Å². The molecule has 0 nitrogen and oxygen atoms in total. The molecule has 0 heteroatoms. The molecule has 0 aliphatic heterocycles. The minimum absolute atomic E-state index is 0.463. The van der Waals surface area contributed by atoms with E-state index in [9.17, 15) is 0 Å². The molecule has 0 amide bonds. The quantitative estimate of drug-likeness (QED) is 0.522. The summed E-state index contributed by atoms with van der Waals surface area (Å²) in [6.07, 6.45) is 12.1. The summed E-state index contributed by atoms with van der Waals surface area (Å²) in [4.78, 5) is 0. The molecule has 1 atom stereocenters. The summed E-state index contributed by atoms with van der Waals surface area (Å²) in [5, 5.41) is 0. The molecule has 1 aliphatic carbocycles. The van der Waals surface area contributed by atoms with Crippen LogP contribution in [0, 0.1) is 11.3 Å². The van der Waals surface area contributed by atoms with Crippen molar-refractivity contribution in [3.05, 3.63) is 23.8 Å². The van der Waals surface area contributed by atoms with Crippen molar-refractivity contribution >= 4 is 0 Å². The Balaban J connectivity index is 0.000000673. The predicted molar refractivity (Wildman–Crippen MR) is 75.7 cm³/mol. The molecule has 94 valence electrons. The molecular formula is C16H30. The largest absolute Gasteiger partial charge is 0.0882 e. The molecule has 16 heavy (non-hydrogen) atoms. The molecule has 0 fully saturated rings. The van der Waals surface area contributed by atoms with Crippen molar-refractivity contribution in [3.8, 4) is 0 Å². The van der Waals surface area contributed by atoms with Crippen molar-refractivity contribution in [3.63, 3.8) is 0 Å². The molecule has 0 radical (unpaired) electrons. The van der Waals surface area contributed by atoms with Gasteiger partial charge in [0.25, 0.3) is 0 Å². The first-order valence-electron chi connectivity index (χ1n) is 6.82. The second-order valence-electron chi connectivity index (χ2n) is 5.50. The van der Waals surface area contributed by atoms with E-state index in [1.54, 1.807) is 5.57 Å². The highest BCUT2D eigenvalue weighted by Crippen LogP contribution is 2.41. The van der Waals surface area contributed by atoms with E-state index in [0.717, 1.165) is 6.42 Å². The van der Waals surface area contributed by atoms with Crippen LogP contribution in [0.25, 0.3) is 0 Å². The predicted octanol–water partition coefficient (Wildman–Crippen LogP) is 5.75. The van der Waals surface area contributed by atoms with Crippen molar-refractivity contribution < 1.29 is 0 Å². The van der Waals surface area contributed by atoms with E-state index in [0.29, 0.717) is 11.3 Å². The third kappa shape index (κ3) is 5.01. The second-order valence-corrected chi connectivity index (χ2v) is 5.50. The maximum absolute atomic E-state index is 2.40. The van der Waals surface area contributed by atoms with E-state index < -0.39 is 0 Å². The number of rotatable bonds is 2. The van der Waals surface area contributed by atoms with E-state index in [1.165, 1.54) is 19.3 Å². The second kappa shape index (κ2) is 7.70. The van der Waals surface area contributed by atoms with Gasteiger partial charge in [0.1, 0.15) is 0 Å². The third-order valence-electron chi connectivity index (χ3n) is 3.15. The Morgan fingerprint density at radius 3 is 2.31 bits per heavy atom. The number of allylic oxidation sites excluding steroid dienone is 4. The Morgan fingerprint density at radius 1 is 1.31 bits per heavy atom. The lowest BCUT2D eigenvalue weighted by molar-refractivity contribution is 0.255. The molecule has 0 aromatic heterocycles. The lowest BCUT2D eigenvalue weighted by atomic mass is 9.68. The van der Waals surface area contributed by atoms with Crippen molar-refractivity contribution in [2.45, 2.75) is 67.2 Å². The van der Waals surface area contributed by atoms with Crippen LogP contribution in [0.15, 0.2) is 23.8 Å². The van der Waals surface area contributed by atoms with Crippen LogP contribution in [0.5, 0.6) is 0 Å². The summed E-state index contributed by atoms with van der Waals surface area (Å²) in [5.41, 5.74) is 2.02. The van der Waals surface area contributed by atoms with E-state index in [4.69, 9.17) is 0 Å². The fraction of sp³-hybridized carbons (Fsp3) is 0.750. The van der Waals surface area contributed by atoms with Gasteiger partial charge in [-0.15, -0.1) is 0 Å². The molecule has 1 unspecified atom stereocenters. The molecule has 1 rings (SSSR count). The van der Waals surface area contributed by atoms with Crippen molar-refractivity contribution in [1.82, 2.24) is 0 Å². The molecule has 0 saturated carbocycles. The van der Waals surface area contributed by atoms with Gasteiger partial charge < -0.3 is 0 Å². The number of hydrogen-bond donors (Lipinski definition) is 0. The fourth-order valence-electron chi connectivity index (χ4n) is 2.26. The molecule has 1 aliphatic rings. The first-order chi connectivity index (χ1) is 7.49. The molecule has 0 saturated heterocycles. The minimum Gasteiger partial charge on any atom is -0.0882 e. The van der Waals surface area contributed by atoms with Gasteiger partial charge in [-0.3, -0.25) is 0 Å². The minimum atomic E-state index is 0.463. The Bertz CT molecular complexity index is 230. The Kier molecular flexibility index (Phi) is 7.45. The molecule has 0 bridgehead atoms. The topological polar surface area (TPSA) is 0 Å². The zero-order valence-electron chi connectivity index (χ0n) is 12.1. The van der Waals surface area contributed by atoms with Gasteiger partial charge in [0.05, 0.1) is 0 Å². The summed E-state index contributed by atoms with van der Waals surface area (Å²) in [6, 6.07) is 0. The summed E-state index contributed by atoms with van der Waals surface area (Å²) < 4.78 is 0. The van der Waals surface area contributed by atoms with Gasteiger partial charge in [-0.2, -0.15) is 0 Å². The molecule has 0 aromatic rings. The summed E-state index contributed by atoms with van der Waals surface area (Å²) in [7, 11) is 0. The molecular weight excluding hydrogens is 192 g/mol. The van der Waals surface area contributed by atoms with E-state index >= 15 is 0 Å². The van der Waals surface area contributed by atoms with E-state index in [2.05, 4.69) is 59.8 Å². The van der Waals surface area contributed by atoms with Crippen LogP contribution in [-0.4, -0.2) is 0 Å². The normalized spacial score (nSPS) is 23.6. The Hall–Kier alpha value is -0.520. The lowest BCUT2D eigenvalue weighted by Crippen LogP contribution is -2.26. The zero-order chi connectivity index (χ0) is 12.6. The van der Waals surface area contributed by atoms with Crippen LogP contribution in [0.1, 0.15) is 67.2 Å². The molecule has 0 heterocycles. The van der Waals surface area contributed by atoms with Gasteiger partial charge >= 0.3 is 0 Å². The maximum Gasteiger partial charge on any atom is 0.00253 e. The fourth-order valence-corrected chi connectivity index (χ4v) is 2.26. The highest BCUT2D eigenvalue weighted by Gasteiger charge is 2.30. The highest BCUT2D eigenvalue weighted by atomic mass is 14.3. The first kappa shape index (κ1) is 15.5. The van der Waals surface area contributed by atoms with Gasteiger partial charge in [-0.1, -0.05) is 64.8 Å². The van der Waals surface area contributed by atoms with Gasteiger partial charge in [-0.05, 0) is 31.6 Å². The van der Waals surface area contributed by atoms with Gasteiger partial charge in [-0.25, -0.2) is 0 Å². The monoisotopic (exact) mass is 222 g/mol. The average Bonchev–Trinajstić information content (AvgIpc) is 2.17. The van der Waals surface area contributed by atoms with Crippen LogP contribution >= 0.6 is 0 Å². The van der Waals surface area contributed by atoms with Crippen molar-refractivity contribution in [2.75, 3.05) is 0 Å². The molecule has 0 spiro atoms. The molecule has 0 N–H and O–H groups in total. The summed E-state index contributed by atoms with van der Waals surface area (Å²) in [6.45, 7) is 13.5. The smallest absolute Gasteiger partial charge is 0.00253 e. The van der Waals surface area contributed by atoms with E-state index in [1.807, 2.05) is 0 Å². The highest BCUT2D eigenvalue weighted by molar-refractivity contribution is 5.18. The lowest BCUT2D eigenvalue weighted by Gasteiger charge is -2.36. The maximum atomic E-state index is 2.40. The number of hydrogen-bond acceptors (Lipinski definition) is 0. The van der Waals surface area contributed by atoms with Crippen molar-refractivity contribution in [2.24, 2.45) is 11.3 Å². The van der Waals surface area contributed by atoms with Crippen LogP contribution in [0.2, 0.25) is 0 Å². The third-order valence-corrected chi connectivity index (χ3v) is 3.15. The molecule has 0 aromatic carbocycles. The van der Waals surface area contributed by atoms with Crippen LogP contribution in [0.4, 0.5) is 0 Å². The van der Waals surface area contributed by atoms with Crippen LogP contribution in [-0.2, 0) is 0 Å². The SMILES string of the molecule is CC/C=C/C1C(C)=CCCC1(C)C.CCC. The standard InChI is InChI=1S/C13H22.C3H8/c1-5-6-9-12-11(2)8-7-10-13(12,3)4;1-3-2/h6,8-9,12H,5,7,10H2,1-4H3;3H2,1-2H3/b9-6+;. The average molecular weight is 222 g/mol. The summed E-state index contributed by atoms with van der Waals surface area (Å²) in [5.74, 6) is 0.668. The van der Waals surface area contributed by atoms with Gasteiger partial charge in [0.2, 0.25) is 0 Å². The zero-order valence-corrected chi connectivity index (χ0v) is 12.1. The summed E-state index contributed by atoms with van der Waals surface area (Å²) >= 11 is 0. The van der Waals surface area contributed by atoms with Crippen LogP contribution in [0.3, 0.4) is 0 Å². The van der Waals surface area contributed by atoms with Crippen molar-refractivity contribution in [1.29, 1.82) is 0 Å².